The molecule has 7 heteroatoms. The van der Waals surface area contributed by atoms with Crippen molar-refractivity contribution in [2.75, 3.05) is 25.2 Å². The van der Waals surface area contributed by atoms with Gasteiger partial charge in [-0.2, -0.15) is 0 Å². The first-order chi connectivity index (χ1) is 9.41. The number of ether oxygens (including phenoxy) is 1. The number of anilines is 1. The molecule has 1 saturated heterocycles. The Hall–Kier alpha value is -2.15. The molecule has 0 bridgehead atoms. The summed E-state index contributed by atoms with van der Waals surface area (Å²) >= 11 is 0. The number of hydrogen-bond acceptors (Lipinski definition) is 4. The normalized spacial score (nSPS) is 21.7. The summed E-state index contributed by atoms with van der Waals surface area (Å²) < 4.78 is 18.4. The number of carbonyl (C=O) groups excluding carboxylic acids is 1. The van der Waals surface area contributed by atoms with Gasteiger partial charge in [0.2, 0.25) is 0 Å². The molecule has 1 aliphatic heterocycles. The Bertz CT molecular complexity index is 549. The zero-order chi connectivity index (χ0) is 14.9. The lowest BCUT2D eigenvalue weighted by atomic mass is 10.0. The van der Waals surface area contributed by atoms with Crippen LogP contribution in [-0.4, -0.2) is 43.3 Å². The van der Waals surface area contributed by atoms with E-state index in [9.17, 15) is 14.0 Å². The van der Waals surface area contributed by atoms with Crippen LogP contribution in [0.25, 0.3) is 0 Å². The molecule has 0 aromatic heterocycles. The lowest BCUT2D eigenvalue weighted by Gasteiger charge is -2.29. The van der Waals surface area contributed by atoms with E-state index in [4.69, 9.17) is 15.6 Å². The average molecular weight is 282 g/mol. The third-order valence-corrected chi connectivity index (χ3v) is 3.47. The van der Waals surface area contributed by atoms with Crippen LogP contribution in [-0.2, 0) is 9.53 Å². The summed E-state index contributed by atoms with van der Waals surface area (Å²) in [5.74, 6) is -3.02. The van der Waals surface area contributed by atoms with Crippen LogP contribution in [0.2, 0.25) is 0 Å². The molecule has 0 aliphatic carbocycles. The van der Waals surface area contributed by atoms with E-state index >= 15 is 0 Å². The number of nitrogens with zero attached hydrogens (tertiary/aromatic N) is 1. The molecular formula is C13H15FN2O4. The quantitative estimate of drug-likeness (QED) is 0.837. The van der Waals surface area contributed by atoms with Gasteiger partial charge >= 0.3 is 5.97 Å². The summed E-state index contributed by atoms with van der Waals surface area (Å²) in [7, 11) is 1.63. The fraction of sp³-hybridized carbons (Fsp3) is 0.385. The number of rotatable bonds is 4. The lowest BCUT2D eigenvalue weighted by Crippen LogP contribution is -2.41. The van der Waals surface area contributed by atoms with E-state index < -0.39 is 29.7 Å². The summed E-state index contributed by atoms with van der Waals surface area (Å²) in [5.41, 5.74) is 5.64. The van der Waals surface area contributed by atoms with Crippen molar-refractivity contribution in [3.8, 4) is 0 Å². The Morgan fingerprint density at radius 2 is 2.15 bits per heavy atom. The second kappa shape index (κ2) is 5.46. The summed E-state index contributed by atoms with van der Waals surface area (Å²) in [6.45, 7) is 0.334. The predicted octanol–water partition coefficient (Wildman–Crippen LogP) is 0.460. The van der Waals surface area contributed by atoms with Crippen LogP contribution < -0.4 is 10.6 Å². The Morgan fingerprint density at radius 1 is 1.45 bits per heavy atom. The van der Waals surface area contributed by atoms with Gasteiger partial charge in [0.25, 0.3) is 5.91 Å². The van der Waals surface area contributed by atoms with Gasteiger partial charge in [-0.15, -0.1) is 0 Å². The highest BCUT2D eigenvalue weighted by molar-refractivity contribution is 5.98. The maximum absolute atomic E-state index is 13.2. The molecule has 0 spiro atoms. The lowest BCUT2D eigenvalue weighted by molar-refractivity contribution is -0.141. The minimum Gasteiger partial charge on any atom is -0.481 e. The number of nitrogens with two attached hydrogens (primary N) is 1. The molecule has 1 amide bonds. The standard InChI is InChI=1S/C13H15FN2O4/c1-16(11-6-20-5-9(11)13(18)19)10-3-2-7(14)4-8(10)12(15)17/h2-4,9,11H,5-6H2,1H3,(H2,15,17)(H,18,19). The van der Waals surface area contributed by atoms with Gasteiger partial charge in [0.1, 0.15) is 11.7 Å². The van der Waals surface area contributed by atoms with Gasteiger partial charge in [-0.05, 0) is 18.2 Å². The Kier molecular flexibility index (Phi) is 3.89. The van der Waals surface area contributed by atoms with Crippen molar-refractivity contribution in [2.24, 2.45) is 11.7 Å². The molecule has 6 nitrogen and oxygen atoms in total. The third-order valence-electron chi connectivity index (χ3n) is 3.47. The fourth-order valence-corrected chi connectivity index (χ4v) is 2.35. The minimum atomic E-state index is -0.970. The van der Waals surface area contributed by atoms with Crippen molar-refractivity contribution in [1.29, 1.82) is 0 Å². The highest BCUT2D eigenvalue weighted by Gasteiger charge is 2.37. The summed E-state index contributed by atoms with van der Waals surface area (Å²) in [4.78, 5) is 24.2. The highest BCUT2D eigenvalue weighted by atomic mass is 19.1. The molecule has 2 unspecified atom stereocenters. The minimum absolute atomic E-state index is 0.0172. The monoisotopic (exact) mass is 282 g/mol. The van der Waals surface area contributed by atoms with Crippen LogP contribution >= 0.6 is 0 Å². The van der Waals surface area contributed by atoms with Gasteiger partial charge in [0.15, 0.2) is 0 Å². The van der Waals surface area contributed by atoms with Gasteiger partial charge in [-0.1, -0.05) is 0 Å². The van der Waals surface area contributed by atoms with Gasteiger partial charge in [0, 0.05) is 12.7 Å². The van der Waals surface area contributed by atoms with E-state index in [1.807, 2.05) is 0 Å². The highest BCUT2D eigenvalue weighted by Crippen LogP contribution is 2.27. The number of carboxylic acid groups (broad SMARTS) is 1. The van der Waals surface area contributed by atoms with Crippen LogP contribution in [0.1, 0.15) is 10.4 Å². The molecule has 20 heavy (non-hydrogen) atoms. The largest absolute Gasteiger partial charge is 0.481 e. The first kappa shape index (κ1) is 14.3. The molecule has 0 radical (unpaired) electrons. The first-order valence-electron chi connectivity index (χ1n) is 6.04. The molecule has 108 valence electrons. The topological polar surface area (TPSA) is 92.9 Å². The van der Waals surface area contributed by atoms with Gasteiger partial charge in [0.05, 0.1) is 24.8 Å². The molecule has 1 heterocycles. The number of carbonyl (C=O) groups is 2. The molecule has 1 aromatic carbocycles. The number of likely N-dealkylation sites (N-methyl/N-ethyl adjacent to an activating group) is 1. The van der Waals surface area contributed by atoms with Crippen molar-refractivity contribution < 1.29 is 23.8 Å². The van der Waals surface area contributed by atoms with Crippen molar-refractivity contribution >= 4 is 17.6 Å². The summed E-state index contributed by atoms with van der Waals surface area (Å²) in [6, 6.07) is 3.21. The van der Waals surface area contributed by atoms with E-state index in [0.717, 1.165) is 6.07 Å². The molecule has 0 saturated carbocycles. The van der Waals surface area contributed by atoms with Gasteiger partial charge < -0.3 is 20.5 Å². The summed E-state index contributed by atoms with van der Waals surface area (Å²) in [5, 5.41) is 9.14. The number of halogens is 1. The maximum Gasteiger partial charge on any atom is 0.311 e. The van der Waals surface area contributed by atoms with E-state index in [2.05, 4.69) is 0 Å². The smallest absolute Gasteiger partial charge is 0.311 e. The van der Waals surface area contributed by atoms with Crippen LogP contribution in [0, 0.1) is 11.7 Å². The predicted molar refractivity (Wildman–Crippen MR) is 69.1 cm³/mol. The van der Waals surface area contributed by atoms with Gasteiger partial charge in [-0.25, -0.2) is 4.39 Å². The SMILES string of the molecule is CN(c1ccc(F)cc1C(N)=O)C1COCC1C(=O)O. The molecule has 2 rings (SSSR count). The maximum atomic E-state index is 13.2. The Balaban J connectivity index is 2.36. The second-order valence-corrected chi connectivity index (χ2v) is 4.69. The molecule has 2 atom stereocenters. The van der Waals surface area contributed by atoms with E-state index in [-0.39, 0.29) is 18.8 Å². The van der Waals surface area contributed by atoms with Crippen molar-refractivity contribution in [3.63, 3.8) is 0 Å². The van der Waals surface area contributed by atoms with E-state index in [1.54, 1.807) is 11.9 Å². The van der Waals surface area contributed by atoms with Crippen LogP contribution in [0.3, 0.4) is 0 Å². The number of hydrogen-bond donors (Lipinski definition) is 2. The fourth-order valence-electron chi connectivity index (χ4n) is 2.35. The Morgan fingerprint density at radius 3 is 2.75 bits per heavy atom. The molecule has 1 aliphatic rings. The average Bonchev–Trinajstić information content (AvgIpc) is 2.87. The summed E-state index contributed by atoms with van der Waals surface area (Å²) in [6.07, 6.45) is 0. The van der Waals surface area contributed by atoms with Crippen LogP contribution in [0.5, 0.6) is 0 Å². The first-order valence-corrected chi connectivity index (χ1v) is 6.04. The van der Waals surface area contributed by atoms with Crippen molar-refractivity contribution in [3.05, 3.63) is 29.6 Å². The number of primary amides is 1. The molecule has 3 N–H and O–H groups in total. The van der Waals surface area contributed by atoms with Crippen molar-refractivity contribution in [2.45, 2.75) is 6.04 Å². The number of benzene rings is 1. The third kappa shape index (κ3) is 2.57. The molecule has 1 aromatic rings. The van der Waals surface area contributed by atoms with Crippen molar-refractivity contribution in [1.82, 2.24) is 0 Å². The van der Waals surface area contributed by atoms with Gasteiger partial charge in [-0.3, -0.25) is 9.59 Å². The van der Waals surface area contributed by atoms with Crippen LogP contribution in [0.15, 0.2) is 18.2 Å². The molecule has 1 fully saturated rings. The number of carboxylic acids is 1. The molecular weight excluding hydrogens is 267 g/mol. The van der Waals surface area contributed by atoms with E-state index in [0.29, 0.717) is 5.69 Å². The number of amides is 1. The van der Waals surface area contributed by atoms with E-state index in [1.165, 1.54) is 12.1 Å². The zero-order valence-corrected chi connectivity index (χ0v) is 10.9. The number of aliphatic carboxylic acids is 1. The van der Waals surface area contributed by atoms with Crippen LogP contribution in [0.4, 0.5) is 10.1 Å². The Labute approximate surface area is 114 Å². The zero-order valence-electron chi connectivity index (χ0n) is 10.9. The second-order valence-electron chi connectivity index (χ2n) is 4.69.